The molecule has 1 aliphatic carbocycles. The topological polar surface area (TPSA) is 412 Å². The molecule has 31 nitrogen and oxygen atoms in total. The Morgan fingerprint density at radius 3 is 2.00 bits per heavy atom. The molecule has 10 N–H and O–H groups in total. The number of nitro benzene ring substituents is 1. The number of carbonyl (C=O) groups excluding carboxylic acids is 8. The molecule has 3 heterocycles. The van der Waals surface area contributed by atoms with Crippen molar-refractivity contribution in [3.63, 3.8) is 0 Å². The Morgan fingerprint density at radius 2 is 1.39 bits per heavy atom. The van der Waals surface area contributed by atoms with Gasteiger partial charge in [-0.3, -0.25) is 38.9 Å². The average molecular weight is 1430 g/mol. The number of fused-ring (bicyclic) bond motifs is 3. The number of methoxy groups -OCH3 is 3. The number of thioether (sulfide) groups is 1. The maximum absolute atomic E-state index is 14.1. The van der Waals surface area contributed by atoms with E-state index >= 15 is 0 Å². The number of allylic oxidation sites excluding steroid dienone is 4. The SMILES string of the molecule is COc1cc(C(C)NC(=O)CCOCCOCCOCCOCCNC(=O)CCCC[C@H]2SC[C@H]3NC(=O)N[C@H]32)c([N+](=O)[O-])cc1OCCCC(=O)NCCOCCOCCNC1=C2C[C@H](C)C[C@@H](OC)[C@@H](O)[C@H](C)/C=C(\C)[C@@H](OC(N)=O)[C@H](OC)/C=C\C=C(/C)C(=O)NC(=CC1=O)C2=O. The van der Waals surface area contributed by atoms with Crippen LogP contribution in [0, 0.1) is 22.0 Å². The maximum Gasteiger partial charge on any atom is 0.405 e. The van der Waals surface area contributed by atoms with Crippen LogP contribution in [0.25, 0.3) is 0 Å². The number of hydrogen-bond donors (Lipinski definition) is 9. The van der Waals surface area contributed by atoms with Crippen LogP contribution < -0.4 is 52.4 Å². The van der Waals surface area contributed by atoms with E-state index in [1.807, 2.05) is 18.7 Å². The van der Waals surface area contributed by atoms with Gasteiger partial charge in [0.05, 0.1) is 151 Å². The molecule has 1 aromatic carbocycles. The number of nitrogens with two attached hydrogens (primary N) is 1. The van der Waals surface area contributed by atoms with Gasteiger partial charge in [-0.05, 0) is 70.4 Å². The van der Waals surface area contributed by atoms with Crippen molar-refractivity contribution in [1.82, 2.24) is 37.2 Å². The lowest BCUT2D eigenvalue weighted by molar-refractivity contribution is -0.385. The first kappa shape index (κ1) is 83.1. The number of benzene rings is 1. The highest BCUT2D eigenvalue weighted by molar-refractivity contribution is 8.00. The third-order valence-corrected chi connectivity index (χ3v) is 18.2. The standard InChI is InChI=1S/C68H103N9O22S/c1-42-35-48-61(52(78)39-49(64(48)83)74-66(84)43(2)13-11-14-53(89-6)65(99-67(69)85)45(4)37-44(3)63(82)56(36-42)91-8)72-21-26-95-29-28-93-25-20-71-59(80)17-12-22-98-55-40-51(77(87)88)47(38-54(55)90-7)46(5)73-60(81)18-23-92-27-31-96-33-34-97-32-30-94-24-19-70-58(79)16-10-9-15-57-62-50(41-100-57)75-68(86)76-62/h11,13-14,37-40,42,44,46,50,53,56-57,62-63,65,72,82H,9-10,12,15-36,41H2,1-8H3,(H2,69,85)(H,70,79)(H,71,80)(H,73,81)(H,74,84)(H2,75,76,86)/b14-11-,43-13+,45-37+/t42-,44+,46?,50+,53+,56+,57+,62+,63-,65+/m0/s1. The summed E-state index contributed by atoms with van der Waals surface area (Å²) >= 11 is 1.87. The van der Waals surface area contributed by atoms with Crippen LogP contribution in [0.2, 0.25) is 0 Å². The van der Waals surface area contributed by atoms with Crippen molar-refractivity contribution in [1.29, 1.82) is 0 Å². The molecule has 32 heteroatoms. The Balaban J connectivity index is 0.916. The number of unbranched alkanes of at least 4 members (excludes halogenated alkanes) is 1. The van der Waals surface area contributed by atoms with Crippen molar-refractivity contribution in [2.75, 3.05) is 133 Å². The average Bonchev–Trinajstić information content (AvgIpc) is 1.43. The summed E-state index contributed by atoms with van der Waals surface area (Å²) in [5.74, 6) is -2.07. The van der Waals surface area contributed by atoms with Gasteiger partial charge in [0.2, 0.25) is 29.3 Å². The highest BCUT2D eigenvalue weighted by atomic mass is 32.2. The molecule has 4 aliphatic rings. The summed E-state index contributed by atoms with van der Waals surface area (Å²) in [6.45, 7) is 12.2. The van der Waals surface area contributed by atoms with Crippen molar-refractivity contribution < 1.29 is 100 Å². The maximum atomic E-state index is 14.1. The lowest BCUT2D eigenvalue weighted by Crippen LogP contribution is -2.38. The van der Waals surface area contributed by atoms with E-state index in [9.17, 15) is 53.6 Å². The Morgan fingerprint density at radius 1 is 0.770 bits per heavy atom. The molecule has 2 fully saturated rings. The Bertz CT molecular complexity index is 3040. The van der Waals surface area contributed by atoms with Gasteiger partial charge in [-0.15, -0.1) is 0 Å². The molecule has 5 rings (SSSR count). The molecule has 7 amide bonds. The number of rotatable bonds is 42. The largest absolute Gasteiger partial charge is 0.493 e. The van der Waals surface area contributed by atoms with Crippen molar-refractivity contribution in [3.05, 3.63) is 86.3 Å². The fourth-order valence-electron chi connectivity index (χ4n) is 11.4. The normalized spacial score (nSPS) is 23.6. The number of ketones is 2. The van der Waals surface area contributed by atoms with Crippen molar-refractivity contribution in [2.24, 2.45) is 17.6 Å². The third-order valence-electron chi connectivity index (χ3n) is 16.7. The second kappa shape index (κ2) is 45.4. The predicted octanol–water partition coefficient (Wildman–Crippen LogP) is 3.75. The number of amides is 7. The number of carbonyl (C=O) groups is 8. The summed E-state index contributed by atoms with van der Waals surface area (Å²) in [6.07, 6.45) is 6.53. The molecular weight excluding hydrogens is 1330 g/mol. The number of Topliss-reactive ketones (excluding diaryl/α,β-unsaturated/α-hetero) is 1. The lowest BCUT2D eigenvalue weighted by atomic mass is 9.85. The molecule has 0 aromatic heterocycles. The van der Waals surface area contributed by atoms with Crippen LogP contribution in [-0.2, 0) is 71.4 Å². The van der Waals surface area contributed by atoms with Gasteiger partial charge in [0.15, 0.2) is 17.6 Å². The highest BCUT2D eigenvalue weighted by Crippen LogP contribution is 2.38. The second-order valence-electron chi connectivity index (χ2n) is 24.4. The van der Waals surface area contributed by atoms with E-state index in [1.54, 1.807) is 32.9 Å². The van der Waals surface area contributed by atoms with Crippen molar-refractivity contribution in [2.45, 2.75) is 140 Å². The first-order chi connectivity index (χ1) is 48.0. The zero-order chi connectivity index (χ0) is 72.9. The zero-order valence-electron chi connectivity index (χ0n) is 58.7. The number of urea groups is 1. The van der Waals surface area contributed by atoms with Crippen LogP contribution >= 0.6 is 11.8 Å². The fraction of sp³-hybridized carbons (Fsp3) is 0.647. The minimum Gasteiger partial charge on any atom is -0.493 e. The smallest absolute Gasteiger partial charge is 0.405 e. The monoisotopic (exact) mass is 1430 g/mol. The predicted molar refractivity (Wildman–Crippen MR) is 368 cm³/mol. The van der Waals surface area contributed by atoms with Gasteiger partial charge in [-0.25, -0.2) is 9.59 Å². The van der Waals surface area contributed by atoms with Crippen LogP contribution in [0.4, 0.5) is 15.3 Å². The van der Waals surface area contributed by atoms with Crippen molar-refractivity contribution >= 4 is 64.8 Å². The highest BCUT2D eigenvalue weighted by Gasteiger charge is 2.43. The molecule has 2 saturated heterocycles. The number of aliphatic hydroxyl groups excluding tert-OH is 1. The molecule has 1 aromatic rings. The number of nitrogens with one attached hydrogen (secondary N) is 7. The van der Waals surface area contributed by atoms with Gasteiger partial charge < -0.3 is 100 Å². The first-order valence-corrected chi connectivity index (χ1v) is 34.9. The third kappa shape index (κ3) is 28.8. The van der Waals surface area contributed by atoms with Crippen LogP contribution in [-0.4, -0.2) is 232 Å². The van der Waals surface area contributed by atoms with E-state index in [0.29, 0.717) is 56.8 Å². The quantitative estimate of drug-likeness (QED) is 0.0112. The summed E-state index contributed by atoms with van der Waals surface area (Å²) in [5, 5.41) is 44.1. The number of primary amides is 1. The van der Waals surface area contributed by atoms with E-state index in [-0.39, 0.29) is 179 Å². The summed E-state index contributed by atoms with van der Waals surface area (Å²) in [7, 11) is 4.25. The van der Waals surface area contributed by atoms with E-state index in [0.717, 1.165) is 31.1 Å². The van der Waals surface area contributed by atoms with E-state index in [4.69, 9.17) is 57.8 Å². The number of aliphatic hydroxyl groups is 1. The van der Waals surface area contributed by atoms with E-state index in [2.05, 4.69) is 37.2 Å². The molecular formula is C68H103N9O22S. The minimum atomic E-state index is -1.05. The lowest BCUT2D eigenvalue weighted by Gasteiger charge is -2.30. The van der Waals surface area contributed by atoms with Gasteiger partial charge in [-0.2, -0.15) is 11.8 Å². The zero-order valence-corrected chi connectivity index (χ0v) is 59.5. The second-order valence-corrected chi connectivity index (χ2v) is 25.7. The van der Waals surface area contributed by atoms with Gasteiger partial charge in [0, 0.05) is 87.3 Å². The number of ether oxygens (including phenoxy) is 11. The van der Waals surface area contributed by atoms with Crippen LogP contribution in [0.5, 0.6) is 11.5 Å². The Kier molecular flexibility index (Phi) is 37.7. The Labute approximate surface area is 588 Å². The van der Waals surface area contributed by atoms with E-state index in [1.165, 1.54) is 52.5 Å². The van der Waals surface area contributed by atoms with Crippen LogP contribution in [0.15, 0.2) is 70.6 Å². The van der Waals surface area contributed by atoms with Gasteiger partial charge in [0.25, 0.3) is 11.6 Å². The molecule has 0 radical (unpaired) electrons. The number of nitrogens with zero attached hydrogens (tertiary/aromatic N) is 1. The van der Waals surface area contributed by atoms with Gasteiger partial charge in [0.1, 0.15) is 6.10 Å². The Hall–Kier alpha value is -7.53. The first-order valence-electron chi connectivity index (χ1n) is 33.8. The fourth-order valence-corrected chi connectivity index (χ4v) is 12.9. The van der Waals surface area contributed by atoms with Gasteiger partial charge >= 0.3 is 12.1 Å². The number of nitro groups is 1. The molecule has 100 heavy (non-hydrogen) atoms. The molecule has 1 unspecified atom stereocenters. The molecule has 0 spiro atoms. The molecule has 10 atom stereocenters. The minimum absolute atomic E-state index is 0.00552. The number of hydrogen-bond acceptors (Lipinski definition) is 24. The summed E-state index contributed by atoms with van der Waals surface area (Å²) in [6, 6.07) is 2.16. The van der Waals surface area contributed by atoms with Crippen LogP contribution in [0.1, 0.15) is 104 Å². The summed E-state index contributed by atoms with van der Waals surface area (Å²) < 4.78 is 61.5. The molecule has 3 aliphatic heterocycles. The summed E-state index contributed by atoms with van der Waals surface area (Å²) in [5.41, 5.74) is 6.00. The molecule has 2 bridgehead atoms. The van der Waals surface area contributed by atoms with Crippen LogP contribution in [0.3, 0.4) is 0 Å². The summed E-state index contributed by atoms with van der Waals surface area (Å²) in [4.78, 5) is 114. The molecule has 0 saturated carbocycles. The van der Waals surface area contributed by atoms with Crippen molar-refractivity contribution in [3.8, 4) is 11.5 Å². The molecule has 558 valence electrons. The van der Waals surface area contributed by atoms with Gasteiger partial charge in [-0.1, -0.05) is 44.6 Å². The van der Waals surface area contributed by atoms with E-state index < -0.39 is 70.8 Å².